The molecule has 1 aliphatic heterocycles. The van der Waals surface area contributed by atoms with Gasteiger partial charge in [0.25, 0.3) is 0 Å². The van der Waals surface area contributed by atoms with Gasteiger partial charge in [0, 0.05) is 25.5 Å². The van der Waals surface area contributed by atoms with Gasteiger partial charge in [-0.05, 0) is 73.1 Å². The van der Waals surface area contributed by atoms with E-state index in [-0.39, 0.29) is 42.5 Å². The maximum atomic E-state index is 13.0. The number of fused-ring (bicyclic) bond motifs is 3. The third kappa shape index (κ3) is 9.51. The second-order valence-electron chi connectivity index (χ2n) is 13.7. The first-order valence-corrected chi connectivity index (χ1v) is 18.5. The summed E-state index contributed by atoms with van der Waals surface area (Å²) in [7, 11) is -1.15. The van der Waals surface area contributed by atoms with E-state index < -0.39 is 32.3 Å². The molecule has 0 radical (unpaired) electrons. The highest BCUT2D eigenvalue weighted by Crippen LogP contribution is 2.51. The molecule has 1 saturated carbocycles. The van der Waals surface area contributed by atoms with E-state index in [9.17, 15) is 19.2 Å². The van der Waals surface area contributed by atoms with Crippen LogP contribution in [-0.4, -0.2) is 57.7 Å². The zero-order valence-corrected chi connectivity index (χ0v) is 27.9. The summed E-state index contributed by atoms with van der Waals surface area (Å²) >= 11 is 0. The number of esters is 1. The van der Waals surface area contributed by atoms with Crippen molar-refractivity contribution in [1.29, 1.82) is 0 Å². The Labute approximate surface area is 258 Å². The number of carbonyl (C=O) groups is 4. The fourth-order valence-corrected chi connectivity index (χ4v) is 7.46. The maximum absolute atomic E-state index is 13.0. The molecule has 7 atom stereocenters. The standard InChI is InChI=1S/C34H50N2O6Si/c1-23-17-18-27-26-15-9-8-10-16-30(38)35-20-19-29(42-43(6,7)34(2,3)4)32(33(40)41-5)36-31(39)22-25(37)14-12-11-13-24(26)21-28(23)27/h10-11,13,16-18,23-24,26-29,32H,12,14-15,19-22H2,1-7H3,(H,35,38)(H,36,39)/b13-11+,16-10+/t23-,24+,26-,27+,28+,29-,32-/m0/s1. The van der Waals surface area contributed by atoms with Gasteiger partial charge in [0.15, 0.2) is 14.4 Å². The van der Waals surface area contributed by atoms with Crippen LogP contribution in [-0.2, 0) is 28.3 Å². The molecule has 2 amide bonds. The van der Waals surface area contributed by atoms with Gasteiger partial charge in [0.2, 0.25) is 11.8 Å². The van der Waals surface area contributed by atoms with Gasteiger partial charge >= 0.3 is 5.97 Å². The topological polar surface area (TPSA) is 111 Å². The summed E-state index contributed by atoms with van der Waals surface area (Å²) in [6, 6.07) is -1.12. The smallest absolute Gasteiger partial charge is 0.331 e. The molecule has 2 aliphatic carbocycles. The highest BCUT2D eigenvalue weighted by molar-refractivity contribution is 6.74. The number of hydrogen-bond donors (Lipinski definition) is 2. The summed E-state index contributed by atoms with van der Waals surface area (Å²) in [5.41, 5.74) is 0. The first-order valence-electron chi connectivity index (χ1n) is 15.6. The number of rotatable bonds is 3. The number of Topliss-reactive ketones (excluding diaryl/α,β-unsaturated/α-hetero) is 1. The van der Waals surface area contributed by atoms with Gasteiger partial charge in [0.05, 0.1) is 19.6 Å². The Bertz CT molecular complexity index is 1190. The molecule has 2 N–H and O–H groups in total. The van der Waals surface area contributed by atoms with E-state index in [1.54, 1.807) is 6.08 Å². The van der Waals surface area contributed by atoms with Crippen molar-refractivity contribution in [2.45, 2.75) is 96.5 Å². The van der Waals surface area contributed by atoms with Crippen LogP contribution in [0, 0.1) is 41.4 Å². The predicted octanol–water partition coefficient (Wildman–Crippen LogP) is 4.87. The Morgan fingerprint density at radius 2 is 1.84 bits per heavy atom. The summed E-state index contributed by atoms with van der Waals surface area (Å²) in [6.45, 7) is 12.8. The van der Waals surface area contributed by atoms with E-state index in [0.29, 0.717) is 36.0 Å². The van der Waals surface area contributed by atoms with Gasteiger partial charge < -0.3 is 19.8 Å². The minimum Gasteiger partial charge on any atom is -0.467 e. The Balaban J connectivity index is 1.82. The lowest BCUT2D eigenvalue weighted by molar-refractivity contribution is -0.148. The number of allylic oxidation sites excluding steroid dienone is 5. The van der Waals surface area contributed by atoms with Crippen LogP contribution in [0.5, 0.6) is 0 Å². The number of hydrogen-bond acceptors (Lipinski definition) is 6. The molecule has 0 aromatic carbocycles. The van der Waals surface area contributed by atoms with Gasteiger partial charge in [-0.1, -0.05) is 63.8 Å². The van der Waals surface area contributed by atoms with Gasteiger partial charge in [-0.3, -0.25) is 14.4 Å². The Kier molecular flexibility index (Phi) is 12.2. The number of nitrogens with one attached hydrogen (secondary N) is 2. The van der Waals surface area contributed by atoms with Crippen LogP contribution in [0.1, 0.15) is 66.2 Å². The van der Waals surface area contributed by atoms with Crippen LogP contribution in [0.15, 0.2) is 36.5 Å². The number of methoxy groups -OCH3 is 1. The predicted molar refractivity (Wildman–Crippen MR) is 170 cm³/mol. The van der Waals surface area contributed by atoms with Gasteiger partial charge in [-0.25, -0.2) is 4.79 Å². The highest BCUT2D eigenvalue weighted by Gasteiger charge is 2.45. The molecule has 0 aromatic rings. The maximum Gasteiger partial charge on any atom is 0.331 e. The van der Waals surface area contributed by atoms with E-state index in [0.717, 1.165) is 12.8 Å². The molecule has 1 fully saturated rings. The first-order chi connectivity index (χ1) is 20.2. The first kappa shape index (κ1) is 34.5. The molecule has 0 spiro atoms. The number of carbonyl (C=O) groups excluding carboxylic acids is 4. The zero-order valence-electron chi connectivity index (χ0n) is 26.9. The molecule has 0 saturated heterocycles. The van der Waals surface area contributed by atoms with Crippen molar-refractivity contribution in [1.82, 2.24) is 10.6 Å². The third-order valence-electron chi connectivity index (χ3n) is 9.61. The third-order valence-corrected chi connectivity index (χ3v) is 14.1. The summed E-state index contributed by atoms with van der Waals surface area (Å²) in [4.78, 5) is 51.2. The van der Waals surface area contributed by atoms with Crippen molar-refractivity contribution >= 4 is 31.9 Å². The number of amides is 2. The number of ether oxygens (including phenoxy) is 1. The molecular weight excluding hydrogens is 560 g/mol. The summed E-state index contributed by atoms with van der Waals surface area (Å²) in [5, 5.41) is 5.39. The zero-order chi connectivity index (χ0) is 31.8. The molecule has 8 nitrogen and oxygen atoms in total. The summed E-state index contributed by atoms with van der Waals surface area (Å²) < 4.78 is 11.6. The lowest BCUT2D eigenvalue weighted by atomic mass is 9.85. The van der Waals surface area contributed by atoms with Crippen LogP contribution in [0.4, 0.5) is 0 Å². The Hall–Kier alpha value is -2.96. The Morgan fingerprint density at radius 3 is 2.53 bits per heavy atom. The van der Waals surface area contributed by atoms with Crippen LogP contribution >= 0.6 is 0 Å². The largest absolute Gasteiger partial charge is 0.467 e. The second kappa shape index (κ2) is 15.2. The lowest BCUT2D eigenvalue weighted by Crippen LogP contribution is -2.56. The SMILES string of the molecule is COC(=O)[C@H]1NC(=O)CC(=O)CC/C=C/[C@@H]2C[C@H]3[C@H](C=C[C@@H]3C)[C@H]2CC#C/C=C/C(=O)NCC[C@@H]1O[Si](C)(C)C(C)(C)C. The van der Waals surface area contributed by atoms with Gasteiger partial charge in [-0.15, -0.1) is 0 Å². The van der Waals surface area contributed by atoms with E-state index in [1.165, 1.54) is 13.2 Å². The van der Waals surface area contributed by atoms with Crippen molar-refractivity contribution in [3.8, 4) is 11.8 Å². The molecule has 236 valence electrons. The summed E-state index contributed by atoms with van der Waals surface area (Å²) in [5.74, 6) is 6.99. The monoisotopic (exact) mass is 610 g/mol. The average Bonchev–Trinajstić information content (AvgIpc) is 3.46. The van der Waals surface area contributed by atoms with Crippen molar-refractivity contribution in [2.75, 3.05) is 13.7 Å². The molecule has 0 unspecified atom stereocenters. The van der Waals surface area contributed by atoms with Crippen LogP contribution in [0.3, 0.4) is 0 Å². The van der Waals surface area contributed by atoms with E-state index in [2.05, 4.69) is 87.6 Å². The van der Waals surface area contributed by atoms with Gasteiger partial charge in [0.1, 0.15) is 5.78 Å². The van der Waals surface area contributed by atoms with Crippen LogP contribution < -0.4 is 10.6 Å². The fraction of sp³-hybridized carbons (Fsp3) is 0.647. The average molecular weight is 611 g/mol. The molecule has 3 rings (SSSR count). The quantitative estimate of drug-likeness (QED) is 0.155. The minimum atomic E-state index is -2.40. The van der Waals surface area contributed by atoms with Crippen molar-refractivity contribution in [3.63, 3.8) is 0 Å². The van der Waals surface area contributed by atoms with E-state index in [4.69, 9.17) is 9.16 Å². The summed E-state index contributed by atoms with van der Waals surface area (Å²) in [6.07, 6.45) is 13.7. The Morgan fingerprint density at radius 1 is 1.09 bits per heavy atom. The normalized spacial score (nSPS) is 32.6. The molecule has 43 heavy (non-hydrogen) atoms. The molecule has 0 aromatic heterocycles. The lowest BCUT2D eigenvalue weighted by Gasteiger charge is -2.41. The van der Waals surface area contributed by atoms with E-state index >= 15 is 0 Å². The van der Waals surface area contributed by atoms with Crippen molar-refractivity contribution < 1.29 is 28.3 Å². The molecule has 3 aliphatic rings. The van der Waals surface area contributed by atoms with E-state index in [1.807, 2.05) is 0 Å². The van der Waals surface area contributed by atoms with Crippen molar-refractivity contribution in [3.05, 3.63) is 36.5 Å². The molecular formula is C34H50N2O6Si. The van der Waals surface area contributed by atoms with Crippen LogP contribution in [0.25, 0.3) is 0 Å². The fourth-order valence-electron chi connectivity index (χ4n) is 6.09. The van der Waals surface area contributed by atoms with Crippen LogP contribution in [0.2, 0.25) is 18.1 Å². The minimum absolute atomic E-state index is 0.167. The van der Waals surface area contributed by atoms with Gasteiger partial charge in [-0.2, -0.15) is 0 Å². The molecule has 0 bridgehead atoms. The second-order valence-corrected chi connectivity index (χ2v) is 18.4. The highest BCUT2D eigenvalue weighted by atomic mass is 28.4. The molecule has 9 heteroatoms. The molecule has 1 heterocycles. The van der Waals surface area contributed by atoms with Crippen molar-refractivity contribution in [2.24, 2.45) is 29.6 Å². The number of ketones is 1.